The number of rotatable bonds is 7. The fourth-order valence-corrected chi connectivity index (χ4v) is 4.52. The number of Topliss-reactive ketones (excluding diaryl/α,β-unsaturated/α-hetero) is 1. The van der Waals surface area contributed by atoms with E-state index in [1.54, 1.807) is 7.11 Å². The monoisotopic (exact) mass is 411 g/mol. The van der Waals surface area contributed by atoms with E-state index in [4.69, 9.17) is 9.47 Å². The van der Waals surface area contributed by atoms with Crippen molar-refractivity contribution < 1.29 is 19.1 Å². The first-order valence-corrected chi connectivity index (χ1v) is 10.8. The number of benzene rings is 1. The molecule has 0 saturated heterocycles. The lowest BCUT2D eigenvalue weighted by atomic mass is 9.68. The number of unbranched alkanes of at least 4 members (excludes halogenated alkanes) is 2. The van der Waals surface area contributed by atoms with E-state index < -0.39 is 5.92 Å². The summed E-state index contributed by atoms with van der Waals surface area (Å²) in [7, 11) is 1.61. The van der Waals surface area contributed by atoms with Crippen molar-refractivity contribution in [1.82, 2.24) is 5.32 Å². The van der Waals surface area contributed by atoms with E-state index in [2.05, 4.69) is 26.1 Å². The molecule has 0 radical (unpaired) electrons. The third-order valence-electron chi connectivity index (χ3n) is 5.89. The second-order valence-corrected chi connectivity index (χ2v) is 9.01. The highest BCUT2D eigenvalue weighted by Crippen LogP contribution is 2.48. The Hall–Kier alpha value is -2.56. The van der Waals surface area contributed by atoms with E-state index >= 15 is 0 Å². The van der Waals surface area contributed by atoms with Gasteiger partial charge in [-0.25, -0.2) is 4.79 Å². The summed E-state index contributed by atoms with van der Waals surface area (Å²) in [5.41, 5.74) is 3.53. The SMILES string of the molecule is CCCCCOC(=O)C1=C(C)NC2=C(C(=O)CC(C)(C)C2)[C@H]1c1ccccc1OC. The predicted octanol–water partition coefficient (Wildman–Crippen LogP) is 5.03. The van der Waals surface area contributed by atoms with Crippen LogP contribution in [0.15, 0.2) is 46.8 Å². The summed E-state index contributed by atoms with van der Waals surface area (Å²) in [5.74, 6) is -0.109. The molecule has 0 bridgehead atoms. The van der Waals surface area contributed by atoms with Gasteiger partial charge in [0.15, 0.2) is 5.78 Å². The van der Waals surface area contributed by atoms with Gasteiger partial charge >= 0.3 is 5.97 Å². The van der Waals surface area contributed by atoms with Crippen LogP contribution < -0.4 is 10.1 Å². The van der Waals surface area contributed by atoms with Crippen LogP contribution in [0.3, 0.4) is 0 Å². The minimum absolute atomic E-state index is 0.0773. The van der Waals surface area contributed by atoms with Gasteiger partial charge in [-0.15, -0.1) is 0 Å². The fourth-order valence-electron chi connectivity index (χ4n) is 4.52. The highest BCUT2D eigenvalue weighted by Gasteiger charge is 2.43. The number of ether oxygens (including phenoxy) is 2. The first-order chi connectivity index (χ1) is 14.3. The summed E-state index contributed by atoms with van der Waals surface area (Å²) in [6.07, 6.45) is 4.13. The van der Waals surface area contributed by atoms with E-state index in [1.807, 2.05) is 31.2 Å². The number of allylic oxidation sites excluding steroid dienone is 3. The van der Waals surface area contributed by atoms with E-state index in [0.717, 1.165) is 42.6 Å². The molecule has 1 atom stereocenters. The molecule has 0 unspecified atom stereocenters. The van der Waals surface area contributed by atoms with E-state index in [9.17, 15) is 9.59 Å². The molecule has 0 amide bonds. The maximum atomic E-state index is 13.3. The maximum absolute atomic E-state index is 13.3. The lowest BCUT2D eigenvalue weighted by molar-refractivity contribution is -0.139. The molecule has 5 nitrogen and oxygen atoms in total. The Labute approximate surface area is 179 Å². The Balaban J connectivity index is 2.07. The van der Waals surface area contributed by atoms with Crippen LogP contribution in [0.25, 0.3) is 0 Å². The second kappa shape index (κ2) is 9.07. The number of ketones is 1. The van der Waals surface area contributed by atoms with Crippen molar-refractivity contribution >= 4 is 11.8 Å². The van der Waals surface area contributed by atoms with Crippen molar-refractivity contribution in [3.63, 3.8) is 0 Å². The van der Waals surface area contributed by atoms with Crippen molar-refractivity contribution in [2.24, 2.45) is 5.41 Å². The number of esters is 1. The van der Waals surface area contributed by atoms with Gasteiger partial charge in [-0.1, -0.05) is 51.8 Å². The summed E-state index contributed by atoms with van der Waals surface area (Å²) in [5, 5.41) is 3.37. The van der Waals surface area contributed by atoms with Crippen molar-refractivity contribution in [2.45, 2.75) is 65.7 Å². The van der Waals surface area contributed by atoms with Crippen molar-refractivity contribution in [3.8, 4) is 5.75 Å². The maximum Gasteiger partial charge on any atom is 0.336 e. The first-order valence-electron chi connectivity index (χ1n) is 10.8. The Morgan fingerprint density at radius 1 is 1.20 bits per heavy atom. The number of nitrogens with one attached hydrogen (secondary N) is 1. The van der Waals surface area contributed by atoms with Gasteiger partial charge in [0.2, 0.25) is 0 Å². The predicted molar refractivity (Wildman–Crippen MR) is 117 cm³/mol. The number of hydrogen-bond donors (Lipinski definition) is 1. The standard InChI is InChI=1S/C25H33NO4/c1-6-7-10-13-30-24(28)21-16(2)26-18-14-25(3,4)15-19(27)23(18)22(21)17-11-8-9-12-20(17)29-5/h8-9,11-12,22,26H,6-7,10,13-15H2,1-5H3/t22-/m0/s1. The zero-order chi connectivity index (χ0) is 21.9. The van der Waals surface area contributed by atoms with Gasteiger partial charge in [0.1, 0.15) is 5.75 Å². The van der Waals surface area contributed by atoms with Gasteiger partial charge in [-0.3, -0.25) is 4.79 Å². The molecule has 1 aliphatic carbocycles. The number of methoxy groups -OCH3 is 1. The summed E-state index contributed by atoms with van der Waals surface area (Å²) in [4.78, 5) is 26.5. The highest BCUT2D eigenvalue weighted by atomic mass is 16.5. The van der Waals surface area contributed by atoms with Crippen LogP contribution in [-0.2, 0) is 14.3 Å². The van der Waals surface area contributed by atoms with Gasteiger partial charge in [0.25, 0.3) is 0 Å². The van der Waals surface area contributed by atoms with Gasteiger partial charge in [0.05, 0.1) is 25.2 Å². The molecule has 1 aliphatic heterocycles. The molecule has 162 valence electrons. The molecular formula is C25H33NO4. The Bertz CT molecular complexity index is 894. The summed E-state index contributed by atoms with van der Waals surface area (Å²) in [6, 6.07) is 7.61. The molecule has 0 spiro atoms. The minimum Gasteiger partial charge on any atom is -0.496 e. The summed E-state index contributed by atoms with van der Waals surface area (Å²) < 4.78 is 11.2. The molecule has 1 aromatic carbocycles. The Morgan fingerprint density at radius 2 is 1.93 bits per heavy atom. The number of para-hydroxylation sites is 1. The normalized spacial score (nSPS) is 20.6. The molecule has 0 aromatic heterocycles. The van der Waals surface area contributed by atoms with Crippen molar-refractivity contribution in [2.75, 3.05) is 13.7 Å². The summed E-state index contributed by atoms with van der Waals surface area (Å²) in [6.45, 7) is 8.59. The number of carbonyl (C=O) groups excluding carboxylic acids is 2. The lowest BCUT2D eigenvalue weighted by Crippen LogP contribution is -2.38. The van der Waals surface area contributed by atoms with Crippen LogP contribution in [0.5, 0.6) is 5.75 Å². The van der Waals surface area contributed by atoms with Gasteiger partial charge in [-0.2, -0.15) is 0 Å². The zero-order valence-electron chi connectivity index (χ0n) is 18.8. The molecule has 1 heterocycles. The largest absolute Gasteiger partial charge is 0.496 e. The Morgan fingerprint density at radius 3 is 2.63 bits per heavy atom. The third-order valence-corrected chi connectivity index (χ3v) is 5.89. The average Bonchev–Trinajstić information content (AvgIpc) is 2.69. The molecule has 2 aliphatic rings. The van der Waals surface area contributed by atoms with Crippen LogP contribution in [0.4, 0.5) is 0 Å². The van der Waals surface area contributed by atoms with Crippen LogP contribution in [0.2, 0.25) is 0 Å². The highest BCUT2D eigenvalue weighted by molar-refractivity contribution is 6.04. The molecule has 1 aromatic rings. The topological polar surface area (TPSA) is 64.6 Å². The molecule has 30 heavy (non-hydrogen) atoms. The van der Waals surface area contributed by atoms with E-state index in [0.29, 0.717) is 29.9 Å². The van der Waals surface area contributed by atoms with Crippen molar-refractivity contribution in [3.05, 3.63) is 52.4 Å². The fraction of sp³-hybridized carbons (Fsp3) is 0.520. The zero-order valence-corrected chi connectivity index (χ0v) is 18.8. The molecule has 1 N–H and O–H groups in total. The summed E-state index contributed by atoms with van der Waals surface area (Å²) >= 11 is 0. The molecule has 0 saturated carbocycles. The van der Waals surface area contributed by atoms with Crippen LogP contribution in [-0.4, -0.2) is 25.5 Å². The van der Waals surface area contributed by atoms with E-state index in [-0.39, 0.29) is 17.2 Å². The van der Waals surface area contributed by atoms with Crippen molar-refractivity contribution in [1.29, 1.82) is 0 Å². The molecule has 0 fully saturated rings. The number of hydrogen-bond acceptors (Lipinski definition) is 5. The van der Waals surface area contributed by atoms with E-state index in [1.165, 1.54) is 0 Å². The third kappa shape index (κ3) is 4.45. The Kier molecular flexibility index (Phi) is 6.69. The van der Waals surface area contributed by atoms with Gasteiger partial charge in [0, 0.05) is 29.0 Å². The average molecular weight is 412 g/mol. The lowest BCUT2D eigenvalue weighted by Gasteiger charge is -2.39. The molecular weight excluding hydrogens is 378 g/mol. The van der Waals surface area contributed by atoms with Gasteiger partial charge in [-0.05, 0) is 31.2 Å². The van der Waals surface area contributed by atoms with Crippen LogP contribution in [0, 0.1) is 5.41 Å². The van der Waals surface area contributed by atoms with Crippen LogP contribution >= 0.6 is 0 Å². The van der Waals surface area contributed by atoms with Crippen LogP contribution in [0.1, 0.15) is 71.3 Å². The molecule has 3 rings (SSSR count). The number of dihydropyridines is 1. The first kappa shape index (κ1) is 22.1. The number of carbonyl (C=O) groups is 2. The quantitative estimate of drug-likeness (QED) is 0.503. The second-order valence-electron chi connectivity index (χ2n) is 9.01. The minimum atomic E-state index is -0.486. The van der Waals surface area contributed by atoms with Gasteiger partial charge < -0.3 is 14.8 Å². The smallest absolute Gasteiger partial charge is 0.336 e. The molecule has 5 heteroatoms.